The third kappa shape index (κ3) is 4.51. The van der Waals surface area contributed by atoms with Gasteiger partial charge >= 0.3 is 0 Å². The van der Waals surface area contributed by atoms with Crippen molar-refractivity contribution in [2.24, 2.45) is 0 Å². The fourth-order valence-corrected chi connectivity index (χ4v) is 1.92. The zero-order chi connectivity index (χ0) is 15.1. The first-order valence-corrected chi connectivity index (χ1v) is 7.26. The highest BCUT2D eigenvalue weighted by atomic mass is 35.5. The van der Waals surface area contributed by atoms with Crippen molar-refractivity contribution in [1.29, 1.82) is 0 Å². The van der Waals surface area contributed by atoms with Gasteiger partial charge in [0.1, 0.15) is 18.2 Å². The summed E-state index contributed by atoms with van der Waals surface area (Å²) in [6.45, 7) is 2.44. The number of ether oxygens (including phenoxy) is 1. The summed E-state index contributed by atoms with van der Waals surface area (Å²) in [4.78, 5) is 0. The molecule has 21 heavy (non-hydrogen) atoms. The Morgan fingerprint density at radius 1 is 1.19 bits per heavy atom. The summed E-state index contributed by atoms with van der Waals surface area (Å²) in [5.41, 5.74) is 2.61. The minimum atomic E-state index is -0.376. The van der Waals surface area contributed by atoms with Gasteiger partial charge in [-0.3, -0.25) is 0 Å². The van der Waals surface area contributed by atoms with Crippen LogP contribution in [0.5, 0.6) is 5.75 Å². The lowest BCUT2D eigenvalue weighted by Gasteiger charge is -2.09. The predicted octanol–water partition coefficient (Wildman–Crippen LogP) is 4.69. The quantitative estimate of drug-likeness (QED) is 0.588. The molecule has 2 aromatic carbocycles. The Morgan fingerprint density at radius 2 is 2.00 bits per heavy atom. The highest BCUT2D eigenvalue weighted by Gasteiger charge is 2.03. The van der Waals surface area contributed by atoms with Gasteiger partial charge in [-0.1, -0.05) is 36.1 Å². The van der Waals surface area contributed by atoms with Crippen LogP contribution in [0, 0.1) is 24.6 Å². The van der Waals surface area contributed by atoms with Crippen molar-refractivity contribution in [1.82, 2.24) is 0 Å². The van der Waals surface area contributed by atoms with Crippen LogP contribution >= 0.6 is 11.6 Å². The minimum absolute atomic E-state index is 0.364. The normalized spacial score (nSPS) is 9.86. The molecule has 0 fully saturated rings. The summed E-state index contributed by atoms with van der Waals surface area (Å²) < 4.78 is 19.5. The average molecular weight is 303 g/mol. The van der Waals surface area contributed by atoms with Crippen molar-refractivity contribution in [3.63, 3.8) is 0 Å². The van der Waals surface area contributed by atoms with E-state index >= 15 is 0 Å². The Bertz CT molecular complexity index is 670. The van der Waals surface area contributed by atoms with E-state index in [0.29, 0.717) is 30.2 Å². The molecule has 0 unspecified atom stereocenters. The van der Waals surface area contributed by atoms with E-state index in [9.17, 15) is 4.39 Å². The SMILES string of the molecule is Cc1ccccc1COc1ccc(C#CCCCl)c(F)c1. The number of alkyl halides is 1. The van der Waals surface area contributed by atoms with Crippen LogP contribution in [0.25, 0.3) is 0 Å². The summed E-state index contributed by atoms with van der Waals surface area (Å²) in [5, 5.41) is 0. The van der Waals surface area contributed by atoms with Gasteiger partial charge in [-0.2, -0.15) is 0 Å². The minimum Gasteiger partial charge on any atom is -0.489 e. The highest BCUT2D eigenvalue weighted by Crippen LogP contribution is 2.18. The van der Waals surface area contributed by atoms with Gasteiger partial charge in [-0.05, 0) is 30.2 Å². The molecule has 0 aliphatic heterocycles. The predicted molar refractivity (Wildman–Crippen MR) is 84.1 cm³/mol. The highest BCUT2D eigenvalue weighted by molar-refractivity contribution is 6.18. The van der Waals surface area contributed by atoms with E-state index in [0.717, 1.165) is 11.1 Å². The first kappa shape index (κ1) is 15.4. The Balaban J connectivity index is 2.04. The molecule has 1 nitrogen and oxygen atoms in total. The van der Waals surface area contributed by atoms with Crippen LogP contribution in [0.1, 0.15) is 23.1 Å². The standard InChI is InChI=1S/C18H16ClFO/c1-14-6-2-3-8-16(14)13-21-17-10-9-15(18(20)12-17)7-4-5-11-19/h2-3,6,8-10,12H,5,11,13H2,1H3. The Morgan fingerprint density at radius 3 is 2.71 bits per heavy atom. The molecule has 0 spiro atoms. The van der Waals surface area contributed by atoms with Gasteiger partial charge in [0.25, 0.3) is 0 Å². The second kappa shape index (κ2) is 7.71. The van der Waals surface area contributed by atoms with Crippen LogP contribution in [0.3, 0.4) is 0 Å². The summed E-state index contributed by atoms with van der Waals surface area (Å²) in [7, 11) is 0. The van der Waals surface area contributed by atoms with Crippen LogP contribution in [-0.4, -0.2) is 5.88 Å². The van der Waals surface area contributed by atoms with Crippen molar-refractivity contribution in [3.8, 4) is 17.6 Å². The maximum absolute atomic E-state index is 13.9. The second-order valence-corrected chi connectivity index (χ2v) is 4.98. The molecule has 0 aliphatic carbocycles. The average Bonchev–Trinajstić information content (AvgIpc) is 2.49. The maximum Gasteiger partial charge on any atom is 0.142 e. The van der Waals surface area contributed by atoms with Crippen molar-refractivity contribution in [2.75, 3.05) is 5.88 Å². The lowest BCUT2D eigenvalue weighted by atomic mass is 10.1. The molecule has 2 aromatic rings. The maximum atomic E-state index is 13.9. The fraction of sp³-hybridized carbons (Fsp3) is 0.222. The number of hydrogen-bond donors (Lipinski definition) is 0. The molecule has 0 N–H and O–H groups in total. The van der Waals surface area contributed by atoms with Gasteiger partial charge in [0.05, 0.1) is 5.56 Å². The van der Waals surface area contributed by atoms with Gasteiger partial charge in [-0.25, -0.2) is 4.39 Å². The van der Waals surface area contributed by atoms with Crippen LogP contribution in [0.4, 0.5) is 4.39 Å². The van der Waals surface area contributed by atoms with Crippen LogP contribution in [-0.2, 0) is 6.61 Å². The summed E-state index contributed by atoms with van der Waals surface area (Å²) in [6, 6.07) is 12.7. The number of benzene rings is 2. The smallest absolute Gasteiger partial charge is 0.142 e. The van der Waals surface area contributed by atoms with E-state index in [4.69, 9.17) is 16.3 Å². The van der Waals surface area contributed by atoms with Gasteiger partial charge in [-0.15, -0.1) is 11.6 Å². The van der Waals surface area contributed by atoms with Crippen molar-refractivity contribution in [3.05, 3.63) is 65.0 Å². The number of halogens is 2. The molecule has 2 rings (SSSR count). The molecule has 0 atom stereocenters. The zero-order valence-corrected chi connectivity index (χ0v) is 12.6. The number of rotatable bonds is 4. The molecule has 0 amide bonds. The Labute approximate surface area is 129 Å². The Kier molecular flexibility index (Phi) is 5.66. The van der Waals surface area contributed by atoms with E-state index in [1.807, 2.05) is 31.2 Å². The molecular weight excluding hydrogens is 287 g/mol. The molecule has 0 aliphatic rings. The van der Waals surface area contributed by atoms with Gasteiger partial charge < -0.3 is 4.74 Å². The fourth-order valence-electron chi connectivity index (χ4n) is 1.83. The summed E-state index contributed by atoms with van der Waals surface area (Å²) in [6.07, 6.45) is 0.548. The van der Waals surface area contributed by atoms with Crippen LogP contribution in [0.15, 0.2) is 42.5 Å². The third-order valence-electron chi connectivity index (χ3n) is 3.04. The van der Waals surface area contributed by atoms with Gasteiger partial charge in [0.2, 0.25) is 0 Å². The summed E-state index contributed by atoms with van der Waals surface area (Å²) in [5.74, 6) is 6.15. The van der Waals surface area contributed by atoms with E-state index in [-0.39, 0.29) is 5.82 Å². The topological polar surface area (TPSA) is 9.23 Å². The molecule has 0 radical (unpaired) electrons. The molecule has 0 heterocycles. The van der Waals surface area contributed by atoms with Gasteiger partial charge in [0.15, 0.2) is 0 Å². The molecular formula is C18H16ClFO. The Hall–Kier alpha value is -1.98. The largest absolute Gasteiger partial charge is 0.489 e. The van der Waals surface area contributed by atoms with Crippen LogP contribution < -0.4 is 4.74 Å². The van der Waals surface area contributed by atoms with E-state index in [1.165, 1.54) is 6.07 Å². The number of aryl methyl sites for hydroxylation is 1. The second-order valence-electron chi connectivity index (χ2n) is 4.60. The van der Waals surface area contributed by atoms with E-state index in [1.54, 1.807) is 12.1 Å². The molecule has 0 saturated carbocycles. The molecule has 108 valence electrons. The van der Waals surface area contributed by atoms with Crippen molar-refractivity contribution in [2.45, 2.75) is 20.0 Å². The molecule has 0 saturated heterocycles. The van der Waals surface area contributed by atoms with Crippen molar-refractivity contribution >= 4 is 11.6 Å². The van der Waals surface area contributed by atoms with Crippen molar-refractivity contribution < 1.29 is 9.13 Å². The molecule has 0 bridgehead atoms. The van der Waals surface area contributed by atoms with E-state index < -0.39 is 0 Å². The first-order valence-electron chi connectivity index (χ1n) is 6.72. The van der Waals surface area contributed by atoms with Gasteiger partial charge in [0, 0.05) is 18.4 Å². The number of hydrogen-bond acceptors (Lipinski definition) is 1. The zero-order valence-electron chi connectivity index (χ0n) is 11.8. The monoisotopic (exact) mass is 302 g/mol. The lowest BCUT2D eigenvalue weighted by Crippen LogP contribution is -1.98. The lowest BCUT2D eigenvalue weighted by molar-refractivity contribution is 0.304. The summed E-state index contributed by atoms with van der Waals surface area (Å²) >= 11 is 5.53. The third-order valence-corrected chi connectivity index (χ3v) is 3.23. The molecule has 0 aromatic heterocycles. The molecule has 3 heteroatoms. The first-order chi connectivity index (χ1) is 10.2. The van der Waals surface area contributed by atoms with Crippen LogP contribution in [0.2, 0.25) is 0 Å². The van der Waals surface area contributed by atoms with E-state index in [2.05, 4.69) is 11.8 Å².